The zero-order chi connectivity index (χ0) is 14.8. The number of amides is 1. The predicted molar refractivity (Wildman–Crippen MR) is 86.6 cm³/mol. The Morgan fingerprint density at radius 2 is 2.19 bits per heavy atom. The van der Waals surface area contributed by atoms with Crippen LogP contribution < -0.4 is 5.32 Å². The highest BCUT2D eigenvalue weighted by Gasteiger charge is 2.24. The molecule has 1 fully saturated rings. The van der Waals surface area contributed by atoms with Gasteiger partial charge in [0, 0.05) is 5.38 Å². The topological polar surface area (TPSA) is 67.2 Å². The molecule has 1 amide bonds. The Labute approximate surface area is 130 Å². The first kappa shape index (κ1) is 14.0. The van der Waals surface area contributed by atoms with Crippen LogP contribution >= 0.6 is 23.3 Å². The highest BCUT2D eigenvalue weighted by molar-refractivity contribution is 8.18. The fourth-order valence-corrected chi connectivity index (χ4v) is 3.12. The van der Waals surface area contributed by atoms with Gasteiger partial charge in [0.25, 0.3) is 5.91 Å². The van der Waals surface area contributed by atoms with Crippen LogP contribution in [-0.4, -0.2) is 20.7 Å². The number of carbonyl (C=O) groups is 1. The van der Waals surface area contributed by atoms with E-state index in [9.17, 15) is 4.79 Å². The number of benzene rings is 1. The van der Waals surface area contributed by atoms with Gasteiger partial charge in [-0.25, -0.2) is 4.99 Å². The van der Waals surface area contributed by atoms with E-state index in [2.05, 4.69) is 26.0 Å². The predicted octanol–water partition coefficient (Wildman–Crippen LogP) is 3.05. The van der Waals surface area contributed by atoms with Crippen LogP contribution in [0.15, 0.2) is 33.5 Å². The molecule has 1 saturated heterocycles. The maximum absolute atomic E-state index is 11.9. The van der Waals surface area contributed by atoms with Crippen LogP contribution in [-0.2, 0) is 4.79 Å². The summed E-state index contributed by atoms with van der Waals surface area (Å²) in [5.74, 6) is -0.156. The number of aliphatic imine (C=N–C) groups is 1. The Morgan fingerprint density at radius 3 is 2.90 bits per heavy atom. The molecule has 0 atom stereocenters. The summed E-state index contributed by atoms with van der Waals surface area (Å²) < 4.78 is 3.77. The van der Waals surface area contributed by atoms with Crippen molar-refractivity contribution < 1.29 is 4.79 Å². The highest BCUT2D eigenvalue weighted by Crippen LogP contribution is 2.29. The third-order valence-corrected chi connectivity index (χ3v) is 4.31. The van der Waals surface area contributed by atoms with Gasteiger partial charge in [0.1, 0.15) is 0 Å². The minimum absolute atomic E-state index is 0.156. The van der Waals surface area contributed by atoms with Gasteiger partial charge < -0.3 is 5.32 Å². The van der Waals surface area contributed by atoms with Crippen molar-refractivity contribution in [3.05, 3.63) is 45.3 Å². The first-order valence-corrected chi connectivity index (χ1v) is 7.91. The Hall–Kier alpha value is -1.99. The van der Waals surface area contributed by atoms with Gasteiger partial charge in [-0.2, -0.15) is 0 Å². The molecule has 1 aliphatic heterocycles. The average molecular weight is 316 g/mol. The summed E-state index contributed by atoms with van der Waals surface area (Å²) >= 11 is 2.57. The standard InChI is InChI=1S/C14H12N4OS2/c1-8-3-4-11(9(2)5-8)15-14-16-13(19)12(21-14)6-10-7-20-18-17-10/h3-7H,1-2H3,(H,15,16,19)/b12-6+. The molecule has 1 aromatic heterocycles. The van der Waals surface area contributed by atoms with Crippen molar-refractivity contribution in [1.29, 1.82) is 0 Å². The highest BCUT2D eigenvalue weighted by atomic mass is 32.2. The van der Waals surface area contributed by atoms with Gasteiger partial charge in [0.15, 0.2) is 5.17 Å². The first-order valence-electron chi connectivity index (χ1n) is 6.26. The lowest BCUT2D eigenvalue weighted by Gasteiger charge is -2.02. The Kier molecular flexibility index (Phi) is 3.85. The molecule has 0 saturated carbocycles. The van der Waals surface area contributed by atoms with Crippen LogP contribution in [0.3, 0.4) is 0 Å². The molecule has 0 spiro atoms. The molecular formula is C14H12N4OS2. The summed E-state index contributed by atoms with van der Waals surface area (Å²) in [7, 11) is 0. The minimum Gasteiger partial charge on any atom is -0.300 e. The van der Waals surface area contributed by atoms with Crippen molar-refractivity contribution in [2.45, 2.75) is 13.8 Å². The summed E-state index contributed by atoms with van der Waals surface area (Å²) in [4.78, 5) is 17.0. The van der Waals surface area contributed by atoms with E-state index < -0.39 is 0 Å². The molecule has 7 heteroatoms. The zero-order valence-electron chi connectivity index (χ0n) is 11.5. The van der Waals surface area contributed by atoms with E-state index in [0.717, 1.165) is 11.3 Å². The van der Waals surface area contributed by atoms with Gasteiger partial charge in [-0.1, -0.05) is 22.2 Å². The van der Waals surface area contributed by atoms with Gasteiger partial charge >= 0.3 is 0 Å². The lowest BCUT2D eigenvalue weighted by atomic mass is 10.1. The molecule has 21 heavy (non-hydrogen) atoms. The molecule has 3 rings (SSSR count). The molecule has 106 valence electrons. The smallest absolute Gasteiger partial charge is 0.264 e. The van der Waals surface area contributed by atoms with Crippen LogP contribution in [0.5, 0.6) is 0 Å². The van der Waals surface area contributed by atoms with Gasteiger partial charge in [-0.3, -0.25) is 4.79 Å². The van der Waals surface area contributed by atoms with E-state index in [1.165, 1.54) is 28.9 Å². The van der Waals surface area contributed by atoms with Gasteiger partial charge in [-0.05, 0) is 54.8 Å². The summed E-state index contributed by atoms with van der Waals surface area (Å²) in [6.45, 7) is 4.05. The van der Waals surface area contributed by atoms with E-state index in [1.54, 1.807) is 11.5 Å². The molecule has 2 heterocycles. The molecule has 5 nitrogen and oxygen atoms in total. The number of hydrogen-bond acceptors (Lipinski definition) is 6. The zero-order valence-corrected chi connectivity index (χ0v) is 13.1. The van der Waals surface area contributed by atoms with E-state index in [4.69, 9.17) is 0 Å². The number of nitrogens with one attached hydrogen (secondary N) is 1. The number of thioether (sulfide) groups is 1. The second-order valence-electron chi connectivity index (χ2n) is 4.60. The van der Waals surface area contributed by atoms with Crippen molar-refractivity contribution in [3.63, 3.8) is 0 Å². The van der Waals surface area contributed by atoms with Crippen LogP contribution in [0.25, 0.3) is 6.08 Å². The third kappa shape index (κ3) is 3.20. The third-order valence-electron chi connectivity index (χ3n) is 2.88. The largest absolute Gasteiger partial charge is 0.300 e. The van der Waals surface area contributed by atoms with E-state index in [-0.39, 0.29) is 5.91 Å². The molecule has 1 aromatic carbocycles. The quantitative estimate of drug-likeness (QED) is 0.865. The average Bonchev–Trinajstić information content (AvgIpc) is 3.04. The number of amidine groups is 1. The summed E-state index contributed by atoms with van der Waals surface area (Å²) in [6.07, 6.45) is 1.72. The SMILES string of the molecule is Cc1ccc(N=C2NC(=O)/C(=C\c3csnn3)S2)c(C)c1. The van der Waals surface area contributed by atoms with Crippen molar-refractivity contribution in [2.24, 2.45) is 4.99 Å². The number of aryl methyl sites for hydroxylation is 2. The normalized spacial score (nSPS) is 18.5. The van der Waals surface area contributed by atoms with Crippen molar-refractivity contribution in [2.75, 3.05) is 0 Å². The summed E-state index contributed by atoms with van der Waals surface area (Å²) in [6, 6.07) is 6.03. The van der Waals surface area contributed by atoms with Gasteiger partial charge in [-0.15, -0.1) is 5.10 Å². The lowest BCUT2D eigenvalue weighted by Crippen LogP contribution is -2.19. The number of rotatable bonds is 2. The molecule has 1 N–H and O–H groups in total. The fraction of sp³-hybridized carbons (Fsp3) is 0.143. The maximum atomic E-state index is 11.9. The number of carbonyl (C=O) groups excluding carboxylic acids is 1. The molecule has 2 aromatic rings. The number of nitrogens with zero attached hydrogens (tertiary/aromatic N) is 3. The second kappa shape index (κ2) is 5.79. The monoisotopic (exact) mass is 316 g/mol. The van der Waals surface area contributed by atoms with E-state index >= 15 is 0 Å². The summed E-state index contributed by atoms with van der Waals surface area (Å²) in [5.41, 5.74) is 3.82. The van der Waals surface area contributed by atoms with E-state index in [1.807, 2.05) is 26.0 Å². The molecule has 0 unspecified atom stereocenters. The van der Waals surface area contributed by atoms with E-state index in [0.29, 0.717) is 15.8 Å². The summed E-state index contributed by atoms with van der Waals surface area (Å²) in [5, 5.41) is 9.05. The Bertz CT molecular complexity index is 750. The Balaban J connectivity index is 1.85. The van der Waals surface area contributed by atoms with Crippen LogP contribution in [0, 0.1) is 13.8 Å². The fourth-order valence-electron chi connectivity index (χ4n) is 1.89. The van der Waals surface area contributed by atoms with Crippen molar-refractivity contribution in [1.82, 2.24) is 14.9 Å². The number of aromatic nitrogens is 2. The van der Waals surface area contributed by atoms with Crippen LogP contribution in [0.4, 0.5) is 5.69 Å². The maximum Gasteiger partial charge on any atom is 0.264 e. The minimum atomic E-state index is -0.156. The molecule has 1 aliphatic rings. The van der Waals surface area contributed by atoms with Crippen LogP contribution in [0.2, 0.25) is 0 Å². The molecule has 0 aliphatic carbocycles. The van der Waals surface area contributed by atoms with Crippen molar-refractivity contribution in [3.8, 4) is 0 Å². The number of hydrogen-bond donors (Lipinski definition) is 1. The van der Waals surface area contributed by atoms with Crippen molar-refractivity contribution >= 4 is 46.1 Å². The second-order valence-corrected chi connectivity index (χ2v) is 6.24. The van der Waals surface area contributed by atoms with Gasteiger partial charge in [0.05, 0.1) is 16.3 Å². The molecule has 0 radical (unpaired) electrons. The van der Waals surface area contributed by atoms with Gasteiger partial charge in [0.2, 0.25) is 0 Å². The Morgan fingerprint density at radius 1 is 1.33 bits per heavy atom. The molecular weight excluding hydrogens is 304 g/mol. The first-order chi connectivity index (χ1) is 10.1. The molecule has 0 bridgehead atoms. The van der Waals surface area contributed by atoms with Crippen LogP contribution in [0.1, 0.15) is 16.8 Å². The lowest BCUT2D eigenvalue weighted by molar-refractivity contribution is -0.115.